The first-order chi connectivity index (χ1) is 12.9. The smallest absolute Gasteiger partial charge is 0.261 e. The first kappa shape index (κ1) is 19.1. The summed E-state index contributed by atoms with van der Waals surface area (Å²) in [5.41, 5.74) is 2.92. The van der Waals surface area contributed by atoms with Gasteiger partial charge in [0.15, 0.2) is 11.5 Å². The lowest BCUT2D eigenvalue weighted by Crippen LogP contribution is -2.25. The van der Waals surface area contributed by atoms with Crippen molar-refractivity contribution in [2.24, 2.45) is 0 Å². The van der Waals surface area contributed by atoms with Crippen molar-refractivity contribution in [1.82, 2.24) is 15.3 Å². The molecule has 1 amide bonds. The van der Waals surface area contributed by atoms with Gasteiger partial charge in [-0.05, 0) is 50.5 Å². The number of fused-ring (bicyclic) bond motifs is 1. The Labute approximate surface area is 162 Å². The second-order valence-corrected chi connectivity index (χ2v) is 7.29. The maximum absolute atomic E-state index is 12.7. The number of carbonyl (C=O) groups excluding carboxylic acids is 1. The summed E-state index contributed by atoms with van der Waals surface area (Å²) >= 11 is 1.42. The van der Waals surface area contributed by atoms with Crippen molar-refractivity contribution in [2.45, 2.75) is 27.2 Å². The lowest BCUT2D eigenvalue weighted by molar-refractivity contribution is 0.0957. The minimum absolute atomic E-state index is 0.0759. The van der Waals surface area contributed by atoms with Crippen LogP contribution in [0, 0.1) is 20.8 Å². The van der Waals surface area contributed by atoms with Crippen molar-refractivity contribution in [3.63, 3.8) is 0 Å². The number of rotatable bonds is 6. The van der Waals surface area contributed by atoms with E-state index in [-0.39, 0.29) is 5.91 Å². The Balaban J connectivity index is 1.71. The van der Waals surface area contributed by atoms with Crippen LogP contribution in [0.1, 0.15) is 32.3 Å². The molecule has 2 aromatic heterocycles. The van der Waals surface area contributed by atoms with Crippen LogP contribution in [-0.4, -0.2) is 36.6 Å². The standard InChI is InChI=1S/C20H23N3O3S/c1-11-17-12(2)22-13(3)23-20(17)27-18(11)19(24)21-9-8-14-6-7-15(25-4)16(10-14)26-5/h6-7,10H,8-9H2,1-5H3,(H,21,24). The molecule has 1 aromatic carbocycles. The number of aromatic nitrogens is 2. The molecule has 0 saturated heterocycles. The summed E-state index contributed by atoms with van der Waals surface area (Å²) < 4.78 is 10.6. The van der Waals surface area contributed by atoms with Crippen LogP contribution in [0.25, 0.3) is 10.2 Å². The Morgan fingerprint density at radius 1 is 1.11 bits per heavy atom. The molecule has 27 heavy (non-hydrogen) atoms. The molecule has 0 aliphatic rings. The molecule has 142 valence electrons. The molecular formula is C20H23N3O3S. The maximum Gasteiger partial charge on any atom is 0.261 e. The number of hydrogen-bond donors (Lipinski definition) is 1. The van der Waals surface area contributed by atoms with Gasteiger partial charge in [0.05, 0.1) is 19.1 Å². The van der Waals surface area contributed by atoms with E-state index in [1.807, 2.05) is 39.0 Å². The highest BCUT2D eigenvalue weighted by atomic mass is 32.1. The minimum atomic E-state index is -0.0759. The predicted molar refractivity (Wildman–Crippen MR) is 107 cm³/mol. The lowest BCUT2D eigenvalue weighted by Gasteiger charge is -2.10. The number of benzene rings is 1. The number of hydrogen-bond acceptors (Lipinski definition) is 6. The second kappa shape index (κ2) is 7.92. The van der Waals surface area contributed by atoms with Gasteiger partial charge in [0, 0.05) is 17.6 Å². The van der Waals surface area contributed by atoms with E-state index < -0.39 is 0 Å². The molecule has 0 bridgehead atoms. The van der Waals surface area contributed by atoms with Crippen molar-refractivity contribution in [2.75, 3.05) is 20.8 Å². The van der Waals surface area contributed by atoms with Crippen LogP contribution < -0.4 is 14.8 Å². The molecule has 0 aliphatic carbocycles. The van der Waals surface area contributed by atoms with E-state index >= 15 is 0 Å². The highest BCUT2D eigenvalue weighted by molar-refractivity contribution is 7.20. The Bertz CT molecular complexity index is 998. The summed E-state index contributed by atoms with van der Waals surface area (Å²) in [4.78, 5) is 23.1. The molecule has 0 saturated carbocycles. The number of thiophene rings is 1. The molecule has 0 spiro atoms. The number of amides is 1. The first-order valence-corrected chi connectivity index (χ1v) is 9.49. The zero-order valence-corrected chi connectivity index (χ0v) is 17.0. The Kier molecular flexibility index (Phi) is 5.60. The van der Waals surface area contributed by atoms with Gasteiger partial charge < -0.3 is 14.8 Å². The fraction of sp³-hybridized carbons (Fsp3) is 0.350. The van der Waals surface area contributed by atoms with Crippen LogP contribution in [0.2, 0.25) is 0 Å². The number of aryl methyl sites for hydroxylation is 3. The average Bonchev–Trinajstić information content (AvgIpc) is 2.98. The van der Waals surface area contributed by atoms with Gasteiger partial charge in [0.25, 0.3) is 5.91 Å². The van der Waals surface area contributed by atoms with E-state index in [2.05, 4.69) is 15.3 Å². The van der Waals surface area contributed by atoms with Crippen LogP contribution in [0.4, 0.5) is 0 Å². The second-order valence-electron chi connectivity index (χ2n) is 6.29. The van der Waals surface area contributed by atoms with Crippen molar-refractivity contribution >= 4 is 27.5 Å². The fourth-order valence-corrected chi connectivity index (χ4v) is 4.32. The largest absolute Gasteiger partial charge is 0.493 e. The summed E-state index contributed by atoms with van der Waals surface area (Å²) in [6.07, 6.45) is 0.702. The van der Waals surface area contributed by atoms with E-state index in [0.29, 0.717) is 29.3 Å². The van der Waals surface area contributed by atoms with Crippen molar-refractivity contribution in [1.29, 1.82) is 0 Å². The quantitative estimate of drug-likeness (QED) is 0.702. The zero-order valence-electron chi connectivity index (χ0n) is 16.2. The molecule has 6 nitrogen and oxygen atoms in total. The zero-order chi connectivity index (χ0) is 19.6. The topological polar surface area (TPSA) is 73.3 Å². The van der Waals surface area contributed by atoms with Gasteiger partial charge in [-0.1, -0.05) is 6.07 Å². The van der Waals surface area contributed by atoms with Gasteiger partial charge in [-0.25, -0.2) is 9.97 Å². The molecule has 2 heterocycles. The fourth-order valence-electron chi connectivity index (χ4n) is 3.13. The van der Waals surface area contributed by atoms with Gasteiger partial charge in [-0.15, -0.1) is 11.3 Å². The van der Waals surface area contributed by atoms with Crippen LogP contribution in [0.3, 0.4) is 0 Å². The van der Waals surface area contributed by atoms with Gasteiger partial charge >= 0.3 is 0 Å². The SMILES string of the molecule is COc1ccc(CCNC(=O)c2sc3nc(C)nc(C)c3c2C)cc1OC. The molecule has 3 rings (SSSR count). The maximum atomic E-state index is 12.7. The molecule has 0 aliphatic heterocycles. The van der Waals surface area contributed by atoms with E-state index in [1.54, 1.807) is 14.2 Å². The number of ether oxygens (including phenoxy) is 2. The van der Waals surface area contributed by atoms with E-state index in [1.165, 1.54) is 11.3 Å². The molecule has 3 aromatic rings. The Hall–Kier alpha value is -2.67. The summed E-state index contributed by atoms with van der Waals surface area (Å²) in [6.45, 7) is 6.30. The van der Waals surface area contributed by atoms with E-state index in [0.717, 1.165) is 32.9 Å². The molecule has 0 atom stereocenters. The number of nitrogens with one attached hydrogen (secondary N) is 1. The highest BCUT2D eigenvalue weighted by Gasteiger charge is 2.18. The third-order valence-electron chi connectivity index (χ3n) is 4.44. The normalized spacial score (nSPS) is 10.9. The molecule has 7 heteroatoms. The highest BCUT2D eigenvalue weighted by Crippen LogP contribution is 2.31. The summed E-state index contributed by atoms with van der Waals surface area (Å²) in [5.74, 6) is 2.03. The predicted octanol–water partition coefficient (Wildman–Crippen LogP) is 3.61. The van der Waals surface area contributed by atoms with E-state index in [9.17, 15) is 4.79 Å². The van der Waals surface area contributed by atoms with Gasteiger partial charge in [-0.3, -0.25) is 4.79 Å². The molecule has 0 unspecified atom stereocenters. The average molecular weight is 385 g/mol. The van der Waals surface area contributed by atoms with Gasteiger partial charge in [-0.2, -0.15) is 0 Å². The molecule has 0 fully saturated rings. The van der Waals surface area contributed by atoms with Gasteiger partial charge in [0.1, 0.15) is 10.7 Å². The van der Waals surface area contributed by atoms with Crippen LogP contribution in [0.5, 0.6) is 11.5 Å². The number of nitrogens with zero attached hydrogens (tertiary/aromatic N) is 2. The number of carbonyl (C=O) groups is 1. The Morgan fingerprint density at radius 3 is 2.56 bits per heavy atom. The van der Waals surface area contributed by atoms with Crippen LogP contribution in [0.15, 0.2) is 18.2 Å². The van der Waals surface area contributed by atoms with Crippen molar-refractivity contribution < 1.29 is 14.3 Å². The summed E-state index contributed by atoms with van der Waals surface area (Å²) in [6, 6.07) is 5.77. The van der Waals surface area contributed by atoms with Crippen LogP contribution in [-0.2, 0) is 6.42 Å². The first-order valence-electron chi connectivity index (χ1n) is 8.68. The molecule has 0 radical (unpaired) electrons. The van der Waals surface area contributed by atoms with Gasteiger partial charge in [0.2, 0.25) is 0 Å². The summed E-state index contributed by atoms with van der Waals surface area (Å²) in [7, 11) is 3.22. The van der Waals surface area contributed by atoms with Crippen LogP contribution >= 0.6 is 11.3 Å². The summed E-state index contributed by atoms with van der Waals surface area (Å²) in [5, 5.41) is 3.98. The Morgan fingerprint density at radius 2 is 1.85 bits per heavy atom. The lowest BCUT2D eigenvalue weighted by atomic mass is 10.1. The van der Waals surface area contributed by atoms with Crippen molar-refractivity contribution in [3.8, 4) is 11.5 Å². The monoisotopic (exact) mass is 385 g/mol. The molecule has 1 N–H and O–H groups in total. The van der Waals surface area contributed by atoms with Crippen molar-refractivity contribution in [3.05, 3.63) is 45.7 Å². The third-order valence-corrected chi connectivity index (χ3v) is 5.62. The number of methoxy groups -OCH3 is 2. The minimum Gasteiger partial charge on any atom is -0.493 e. The molecular weight excluding hydrogens is 362 g/mol. The van der Waals surface area contributed by atoms with E-state index in [4.69, 9.17) is 9.47 Å². The third kappa shape index (κ3) is 3.88.